The zero-order chi connectivity index (χ0) is 13.7. The summed E-state index contributed by atoms with van der Waals surface area (Å²) in [7, 11) is 0. The molecule has 0 aliphatic rings. The van der Waals surface area contributed by atoms with Crippen molar-refractivity contribution in [3.63, 3.8) is 0 Å². The van der Waals surface area contributed by atoms with Gasteiger partial charge in [0.2, 0.25) is 0 Å². The third kappa shape index (κ3) is 8.98. The molecule has 0 fully saturated rings. The highest BCUT2D eigenvalue weighted by atomic mass is 35.5. The van der Waals surface area contributed by atoms with Gasteiger partial charge in [0.15, 0.2) is 0 Å². The smallest absolute Gasteiger partial charge is 0.320 e. The van der Waals surface area contributed by atoms with Crippen LogP contribution < -0.4 is 69.2 Å². The first-order valence-electron chi connectivity index (χ1n) is 4.52. The van der Waals surface area contributed by atoms with Crippen LogP contribution in [0, 0.1) is 0 Å². The van der Waals surface area contributed by atoms with Gasteiger partial charge in [-0.15, -0.1) is 0 Å². The van der Waals surface area contributed by atoms with Gasteiger partial charge in [-0.3, -0.25) is 0 Å². The van der Waals surface area contributed by atoms with Gasteiger partial charge in [-0.2, -0.15) is 0 Å². The van der Waals surface area contributed by atoms with E-state index in [0.29, 0.717) is 0 Å². The van der Waals surface area contributed by atoms with Crippen LogP contribution in [0.5, 0.6) is 0 Å². The summed E-state index contributed by atoms with van der Waals surface area (Å²) in [6.07, 6.45) is 0. The van der Waals surface area contributed by atoms with Crippen molar-refractivity contribution in [2.75, 3.05) is 34.4 Å². The summed E-state index contributed by atoms with van der Waals surface area (Å²) < 4.78 is 0. The Morgan fingerprint density at radius 1 is 0.524 bits per heavy atom. The van der Waals surface area contributed by atoms with Crippen LogP contribution in [0.2, 0.25) is 0 Å². The molecule has 0 aromatic carbocycles. The standard InChI is InChI=1S/2C3H6N6.2ClH.H2O/c2*4-1-7-2(5)9-3(6)8-1;;;/h2*(H6,4,5,6,7,8,9);2*1H;1H2. The topological polar surface area (TPSA) is 267 Å². The van der Waals surface area contributed by atoms with Crippen molar-refractivity contribution in [2.24, 2.45) is 0 Å². The Labute approximate surface area is 131 Å². The van der Waals surface area contributed by atoms with Crippen LogP contribution in [-0.4, -0.2) is 25.4 Å². The van der Waals surface area contributed by atoms with Crippen LogP contribution in [0.4, 0.5) is 35.7 Å². The number of nitrogens with one attached hydrogen (secondary N) is 2. The number of hydrogen-bond donors (Lipinski definition) is 6. The Bertz CT molecular complexity index is 403. The van der Waals surface area contributed by atoms with Crippen molar-refractivity contribution in [3.8, 4) is 0 Å². The van der Waals surface area contributed by atoms with Gasteiger partial charge in [-0.25, -0.2) is 9.97 Å². The zero-order valence-electron chi connectivity index (χ0n) is 10.5. The molecule has 0 radical (unpaired) electrons. The van der Waals surface area contributed by atoms with Crippen LogP contribution in [-0.2, 0) is 0 Å². The van der Waals surface area contributed by atoms with Crippen molar-refractivity contribution in [2.45, 2.75) is 0 Å². The lowest BCUT2D eigenvalue weighted by molar-refractivity contribution is -0.351. The molecule has 16 N–H and O–H groups in total. The summed E-state index contributed by atoms with van der Waals surface area (Å²) in [4.78, 5) is 19.1. The second kappa shape index (κ2) is 10.2. The molecular weight excluding hydrogens is 327 g/mol. The van der Waals surface area contributed by atoms with Crippen LogP contribution in [0.1, 0.15) is 0 Å². The molecule has 0 amide bonds. The number of hydrogen-bond acceptors (Lipinski definition) is 10. The summed E-state index contributed by atoms with van der Waals surface area (Å²) in [5.41, 5.74) is 31.1. The van der Waals surface area contributed by atoms with E-state index in [1.165, 1.54) is 0 Å². The van der Waals surface area contributed by atoms with Gasteiger partial charge in [-0.05, 0) is 0 Å². The summed E-state index contributed by atoms with van der Waals surface area (Å²) in [5, 5.41) is 0. The predicted molar refractivity (Wildman–Crippen MR) is 67.3 cm³/mol. The number of nitrogens with two attached hydrogens (primary N) is 6. The molecule has 15 heteroatoms. The van der Waals surface area contributed by atoms with Crippen LogP contribution >= 0.6 is 0 Å². The van der Waals surface area contributed by atoms with E-state index in [2.05, 4.69) is 29.9 Å². The van der Waals surface area contributed by atoms with Crippen LogP contribution in [0.3, 0.4) is 0 Å². The van der Waals surface area contributed by atoms with E-state index in [1.807, 2.05) is 0 Å². The number of nitrogen functional groups attached to an aromatic ring is 6. The normalized spacial score (nSPS) is 8.00. The van der Waals surface area contributed by atoms with Gasteiger partial charge < -0.3 is 64.7 Å². The maximum atomic E-state index is 5.19. The van der Waals surface area contributed by atoms with Gasteiger partial charge in [0.1, 0.15) is 0 Å². The van der Waals surface area contributed by atoms with Gasteiger partial charge in [0, 0.05) is 0 Å². The fourth-order valence-electron chi connectivity index (χ4n) is 0.918. The molecule has 13 nitrogen and oxygen atoms in total. The van der Waals surface area contributed by atoms with E-state index < -0.39 is 0 Å². The molecule has 2 rings (SSSR count). The first kappa shape index (κ1) is 23.5. The second-order valence-corrected chi connectivity index (χ2v) is 2.95. The minimum absolute atomic E-state index is 0. The molecule has 21 heavy (non-hydrogen) atoms. The molecule has 0 aliphatic carbocycles. The Morgan fingerprint density at radius 3 is 0.857 bits per heavy atom. The number of H-pyrrole nitrogens is 2. The molecule has 0 saturated carbocycles. The highest BCUT2D eigenvalue weighted by Gasteiger charge is 2.01. The van der Waals surface area contributed by atoms with Gasteiger partial charge in [0.05, 0.1) is 0 Å². The second-order valence-electron chi connectivity index (χ2n) is 2.95. The van der Waals surface area contributed by atoms with Crippen molar-refractivity contribution in [1.29, 1.82) is 0 Å². The van der Waals surface area contributed by atoms with E-state index in [1.54, 1.807) is 0 Å². The number of anilines is 6. The van der Waals surface area contributed by atoms with E-state index in [0.717, 1.165) is 0 Å². The molecule has 2 heterocycles. The molecular formula is C6H16Cl2N12O. The molecule has 0 aliphatic heterocycles. The highest BCUT2D eigenvalue weighted by molar-refractivity contribution is 5.26. The maximum absolute atomic E-state index is 5.19. The Hall–Kier alpha value is -2.64. The lowest BCUT2D eigenvalue weighted by Gasteiger charge is -1.87. The molecule has 120 valence electrons. The average molecular weight is 343 g/mol. The lowest BCUT2D eigenvalue weighted by Crippen LogP contribution is -3.00. The zero-order valence-corrected chi connectivity index (χ0v) is 12.0. The number of rotatable bonds is 0. The maximum Gasteiger partial charge on any atom is 0.320 e. The Kier molecular flexibility index (Phi) is 11.4. The Balaban J connectivity index is -0.000000270. The molecule has 2 aromatic heterocycles. The molecule has 0 atom stereocenters. The summed E-state index contributed by atoms with van der Waals surface area (Å²) in [5.74, 6) is 0.813. The van der Waals surface area contributed by atoms with Crippen LogP contribution in [0.15, 0.2) is 0 Å². The summed E-state index contributed by atoms with van der Waals surface area (Å²) in [6.45, 7) is 0. The molecule has 2 aromatic rings. The quantitative estimate of drug-likeness (QED) is 0.262. The van der Waals surface area contributed by atoms with Crippen molar-refractivity contribution >= 4 is 35.7 Å². The fourth-order valence-corrected chi connectivity index (χ4v) is 0.918. The third-order valence-electron chi connectivity index (χ3n) is 1.45. The minimum atomic E-state index is 0. The Morgan fingerprint density at radius 2 is 0.714 bits per heavy atom. The monoisotopic (exact) mass is 342 g/mol. The number of aromatic amines is 2. The molecule has 0 spiro atoms. The number of halogens is 2. The van der Waals surface area contributed by atoms with Gasteiger partial charge >= 0.3 is 35.7 Å². The van der Waals surface area contributed by atoms with Crippen molar-refractivity contribution < 1.29 is 40.3 Å². The highest BCUT2D eigenvalue weighted by Crippen LogP contribution is 1.91. The van der Waals surface area contributed by atoms with Gasteiger partial charge in [0.25, 0.3) is 0 Å². The SMILES string of the molecule is Nc1nc(N)[nH+]c(N)n1.Nc1nc(N)[nH+]c(N)n1.O.[Cl-].[Cl-]. The van der Waals surface area contributed by atoms with Crippen LogP contribution in [0.25, 0.3) is 0 Å². The van der Waals surface area contributed by atoms with Crippen molar-refractivity contribution in [3.05, 3.63) is 0 Å². The van der Waals surface area contributed by atoms with E-state index >= 15 is 0 Å². The number of nitrogens with zero attached hydrogens (tertiary/aromatic N) is 4. The van der Waals surface area contributed by atoms with E-state index in [-0.39, 0.29) is 66.0 Å². The molecule has 0 bridgehead atoms. The fraction of sp³-hybridized carbons (Fsp3) is 0. The first-order valence-corrected chi connectivity index (χ1v) is 4.52. The first-order chi connectivity index (χ1) is 8.36. The summed E-state index contributed by atoms with van der Waals surface area (Å²) in [6, 6.07) is 0. The van der Waals surface area contributed by atoms with Crippen molar-refractivity contribution in [1.82, 2.24) is 19.9 Å². The number of aromatic nitrogens is 6. The minimum Gasteiger partial charge on any atom is -1.00 e. The third-order valence-corrected chi connectivity index (χ3v) is 1.45. The predicted octanol–water partition coefficient (Wildman–Crippen LogP) is -10.7. The largest absolute Gasteiger partial charge is 1.00 e. The molecule has 0 unspecified atom stereocenters. The summed E-state index contributed by atoms with van der Waals surface area (Å²) >= 11 is 0. The van der Waals surface area contributed by atoms with Gasteiger partial charge in [-0.1, -0.05) is 19.9 Å². The molecule has 0 saturated heterocycles. The lowest BCUT2D eigenvalue weighted by atomic mass is 10.9. The average Bonchev–Trinajstić information content (AvgIpc) is 2.12. The van der Waals surface area contributed by atoms with E-state index in [4.69, 9.17) is 34.4 Å². The van der Waals surface area contributed by atoms with E-state index in [9.17, 15) is 0 Å².